The third kappa shape index (κ3) is 3.41. The summed E-state index contributed by atoms with van der Waals surface area (Å²) in [5, 5.41) is 20.0. The first-order valence-electron chi connectivity index (χ1n) is 9.14. The van der Waals surface area contributed by atoms with Crippen molar-refractivity contribution in [2.24, 2.45) is 17.3 Å². The van der Waals surface area contributed by atoms with Gasteiger partial charge in [0.25, 0.3) is 0 Å². The van der Waals surface area contributed by atoms with Crippen LogP contribution in [0.1, 0.15) is 73.1 Å². The molecule has 0 aromatic carbocycles. The van der Waals surface area contributed by atoms with Gasteiger partial charge in [-0.15, -0.1) is 6.58 Å². The number of carbonyl (C=O) groups is 1. The molecule has 1 saturated heterocycles. The Morgan fingerprint density at radius 2 is 1.92 bits per heavy atom. The Kier molecular flexibility index (Phi) is 4.97. The molecule has 1 saturated carbocycles. The molecule has 0 aromatic heterocycles. The highest BCUT2D eigenvalue weighted by Gasteiger charge is 2.60. The van der Waals surface area contributed by atoms with Gasteiger partial charge in [0.15, 0.2) is 0 Å². The number of hydrogen-bond donors (Lipinski definition) is 2. The number of rotatable bonds is 5. The van der Waals surface area contributed by atoms with Crippen molar-refractivity contribution in [3.05, 3.63) is 12.7 Å². The van der Waals surface area contributed by atoms with Crippen LogP contribution in [0.5, 0.6) is 0 Å². The van der Waals surface area contributed by atoms with E-state index in [2.05, 4.69) is 27.4 Å². The minimum atomic E-state index is -0.826. The molecule has 1 aliphatic heterocycles. The van der Waals surface area contributed by atoms with E-state index in [9.17, 15) is 15.0 Å². The molecule has 24 heavy (non-hydrogen) atoms. The molecule has 2 N–H and O–H groups in total. The van der Waals surface area contributed by atoms with Crippen LogP contribution in [0.4, 0.5) is 0 Å². The molecule has 0 bridgehead atoms. The minimum Gasteiger partial charge on any atom is -0.481 e. The summed E-state index contributed by atoms with van der Waals surface area (Å²) >= 11 is 0. The fourth-order valence-electron chi connectivity index (χ4n) is 5.68. The topological polar surface area (TPSA) is 66.8 Å². The van der Waals surface area contributed by atoms with Crippen LogP contribution in [0, 0.1) is 17.3 Å². The maximum atomic E-state index is 11.2. The summed E-state index contributed by atoms with van der Waals surface area (Å²) in [5.74, 6) is -0.465. The largest absolute Gasteiger partial charge is 0.481 e. The van der Waals surface area contributed by atoms with Crippen LogP contribution < -0.4 is 0 Å². The van der Waals surface area contributed by atoms with Crippen molar-refractivity contribution in [2.75, 3.05) is 0 Å². The van der Waals surface area contributed by atoms with E-state index in [1.54, 1.807) is 0 Å². The zero-order valence-electron chi connectivity index (χ0n) is 15.9. The van der Waals surface area contributed by atoms with E-state index < -0.39 is 11.6 Å². The van der Waals surface area contributed by atoms with Crippen molar-refractivity contribution in [1.29, 1.82) is 0 Å². The van der Waals surface area contributed by atoms with E-state index >= 15 is 0 Å². The summed E-state index contributed by atoms with van der Waals surface area (Å²) in [6, 6.07) is 0. The molecule has 0 spiro atoms. The lowest BCUT2D eigenvalue weighted by Gasteiger charge is -2.62. The van der Waals surface area contributed by atoms with Crippen LogP contribution in [0.3, 0.4) is 0 Å². The number of fused-ring (bicyclic) bond motifs is 1. The molecule has 0 aromatic rings. The van der Waals surface area contributed by atoms with E-state index in [0.29, 0.717) is 6.42 Å². The average molecular weight is 338 g/mol. The minimum absolute atomic E-state index is 0.0686. The summed E-state index contributed by atoms with van der Waals surface area (Å²) in [4.78, 5) is 11.2. The van der Waals surface area contributed by atoms with Gasteiger partial charge in [-0.25, -0.2) is 0 Å². The predicted molar refractivity (Wildman–Crippen MR) is 94.8 cm³/mol. The van der Waals surface area contributed by atoms with Gasteiger partial charge in [0.05, 0.1) is 16.8 Å². The molecule has 0 radical (unpaired) electrons. The van der Waals surface area contributed by atoms with Crippen LogP contribution >= 0.6 is 0 Å². The van der Waals surface area contributed by atoms with Gasteiger partial charge in [0, 0.05) is 6.42 Å². The first-order valence-corrected chi connectivity index (χ1v) is 9.14. The Morgan fingerprint density at radius 1 is 1.29 bits per heavy atom. The molecule has 2 fully saturated rings. The molecular formula is C20H34O4. The first kappa shape index (κ1) is 19.5. The van der Waals surface area contributed by atoms with E-state index in [-0.39, 0.29) is 34.9 Å². The molecule has 2 aliphatic rings. The Hall–Kier alpha value is -0.870. The van der Waals surface area contributed by atoms with Crippen molar-refractivity contribution >= 4 is 5.97 Å². The second-order valence-corrected chi connectivity index (χ2v) is 9.17. The number of carboxylic acids is 1. The van der Waals surface area contributed by atoms with Gasteiger partial charge >= 0.3 is 5.97 Å². The summed E-state index contributed by atoms with van der Waals surface area (Å²) in [6.07, 6.45) is 6.20. The monoisotopic (exact) mass is 338 g/mol. The lowest BCUT2D eigenvalue weighted by Crippen LogP contribution is -2.62. The van der Waals surface area contributed by atoms with Crippen molar-refractivity contribution in [3.63, 3.8) is 0 Å². The predicted octanol–water partition coefficient (Wildman–Crippen LogP) is 4.17. The van der Waals surface area contributed by atoms with Crippen molar-refractivity contribution in [1.82, 2.24) is 0 Å². The molecule has 0 amide bonds. The molecule has 4 nitrogen and oxygen atoms in total. The number of aliphatic hydroxyl groups is 1. The molecule has 2 rings (SSSR count). The highest BCUT2D eigenvalue weighted by Crippen LogP contribution is 2.61. The number of carboxylic acid groups (broad SMARTS) is 1. The Morgan fingerprint density at radius 3 is 2.42 bits per heavy atom. The summed E-state index contributed by atoms with van der Waals surface area (Å²) in [6.45, 7) is 14.1. The zero-order valence-corrected chi connectivity index (χ0v) is 15.9. The van der Waals surface area contributed by atoms with Crippen LogP contribution in [-0.4, -0.2) is 33.0 Å². The van der Waals surface area contributed by atoms with Gasteiger partial charge in [0.1, 0.15) is 0 Å². The number of ether oxygens (including phenoxy) is 1. The molecule has 4 heteroatoms. The molecule has 1 heterocycles. The van der Waals surface area contributed by atoms with Gasteiger partial charge < -0.3 is 14.9 Å². The van der Waals surface area contributed by atoms with E-state index in [0.717, 1.165) is 25.7 Å². The summed E-state index contributed by atoms with van der Waals surface area (Å²) in [7, 11) is 0. The summed E-state index contributed by atoms with van der Waals surface area (Å²) in [5.41, 5.74) is -1.70. The van der Waals surface area contributed by atoms with Crippen molar-refractivity contribution < 1.29 is 19.7 Å². The SMILES string of the molecule is C=C[C@@]1(C)CC[C@H]2[C@](C)(CCC(=O)O)[C@@H](C(C)(C)O)CC[C@]2(C)O1. The lowest BCUT2D eigenvalue weighted by atomic mass is 9.49. The van der Waals surface area contributed by atoms with Gasteiger partial charge in [-0.2, -0.15) is 0 Å². The van der Waals surface area contributed by atoms with E-state index in [1.165, 1.54) is 0 Å². The van der Waals surface area contributed by atoms with Gasteiger partial charge in [-0.05, 0) is 77.0 Å². The maximum Gasteiger partial charge on any atom is 0.303 e. The lowest BCUT2D eigenvalue weighted by molar-refractivity contribution is -0.252. The van der Waals surface area contributed by atoms with Crippen molar-refractivity contribution in [2.45, 2.75) is 89.9 Å². The standard InChI is InChI=1S/C20H34O4/c1-7-18(4)11-8-15-19(5,12-10-16(21)22)14(17(2,3)23)9-13-20(15,6)24-18/h7,14-15,23H,1,8-13H2,2-6H3,(H,21,22)/t14-,15+,18+,19-,20+/m1/s1. The Bertz CT molecular complexity index is 508. The zero-order chi connectivity index (χ0) is 18.4. The molecule has 138 valence electrons. The fraction of sp³-hybridized carbons (Fsp3) is 0.850. The maximum absolute atomic E-state index is 11.2. The molecule has 1 aliphatic carbocycles. The molecule has 5 atom stereocenters. The second-order valence-electron chi connectivity index (χ2n) is 9.17. The van der Waals surface area contributed by atoms with Crippen molar-refractivity contribution in [3.8, 4) is 0 Å². The number of hydrogen-bond acceptors (Lipinski definition) is 3. The molecule has 0 unspecified atom stereocenters. The fourth-order valence-corrected chi connectivity index (χ4v) is 5.68. The van der Waals surface area contributed by atoms with Crippen LogP contribution in [0.2, 0.25) is 0 Å². The number of aliphatic carboxylic acids is 1. The van der Waals surface area contributed by atoms with Crippen LogP contribution in [0.25, 0.3) is 0 Å². The van der Waals surface area contributed by atoms with Crippen LogP contribution in [-0.2, 0) is 9.53 Å². The summed E-state index contributed by atoms with van der Waals surface area (Å²) < 4.78 is 6.53. The highest BCUT2D eigenvalue weighted by molar-refractivity contribution is 5.66. The highest BCUT2D eigenvalue weighted by atomic mass is 16.5. The van der Waals surface area contributed by atoms with E-state index in [4.69, 9.17) is 4.74 Å². The molecular weight excluding hydrogens is 304 g/mol. The normalized spacial score (nSPS) is 43.1. The van der Waals surface area contributed by atoms with E-state index in [1.807, 2.05) is 19.9 Å². The van der Waals surface area contributed by atoms with Gasteiger partial charge in [0.2, 0.25) is 0 Å². The first-order chi connectivity index (χ1) is 10.9. The second kappa shape index (κ2) is 6.14. The van der Waals surface area contributed by atoms with Gasteiger partial charge in [-0.1, -0.05) is 13.0 Å². The average Bonchev–Trinajstić information content (AvgIpc) is 2.43. The third-order valence-electron chi connectivity index (χ3n) is 6.82. The Labute approximate surface area is 146 Å². The third-order valence-corrected chi connectivity index (χ3v) is 6.82. The van der Waals surface area contributed by atoms with Crippen LogP contribution in [0.15, 0.2) is 12.7 Å². The Balaban J connectivity index is 2.39. The van der Waals surface area contributed by atoms with Gasteiger partial charge in [-0.3, -0.25) is 4.79 Å². The quantitative estimate of drug-likeness (QED) is 0.738. The smallest absolute Gasteiger partial charge is 0.303 e.